The predicted molar refractivity (Wildman–Crippen MR) is 118 cm³/mol. The molecular weight excluding hydrogens is 360 g/mol. The van der Waals surface area contributed by atoms with Gasteiger partial charge in [0.1, 0.15) is 0 Å². The highest BCUT2D eigenvalue weighted by Crippen LogP contribution is 2.64. The van der Waals surface area contributed by atoms with E-state index in [0.29, 0.717) is 18.3 Å². The smallest absolute Gasteiger partial charge is 0.307 e. The van der Waals surface area contributed by atoms with Crippen LogP contribution in [0.15, 0.2) is 12.2 Å². The number of carboxylic acid groups (broad SMARTS) is 1. The summed E-state index contributed by atoms with van der Waals surface area (Å²) in [7, 11) is 0. The first kappa shape index (κ1) is 22.6. The molecule has 3 aliphatic rings. The molecule has 2 saturated carbocycles. The third-order valence-corrected chi connectivity index (χ3v) is 9.16. The molecule has 0 aromatic carbocycles. The van der Waals surface area contributed by atoms with Gasteiger partial charge in [0.05, 0.1) is 5.92 Å². The first-order chi connectivity index (χ1) is 13.6. The Morgan fingerprint density at radius 3 is 2.41 bits per heavy atom. The molecule has 0 heterocycles. The minimum atomic E-state index is -0.606. The van der Waals surface area contributed by atoms with E-state index in [2.05, 4.69) is 34.6 Å². The zero-order valence-electron chi connectivity index (χ0n) is 19.2. The van der Waals surface area contributed by atoms with Crippen molar-refractivity contribution in [1.29, 1.82) is 0 Å². The fourth-order valence-corrected chi connectivity index (χ4v) is 7.40. The van der Waals surface area contributed by atoms with Gasteiger partial charge >= 0.3 is 5.97 Å². The molecule has 0 aliphatic heterocycles. The maximum absolute atomic E-state index is 12.5. The molecule has 0 aromatic rings. The van der Waals surface area contributed by atoms with Gasteiger partial charge in [0.2, 0.25) is 0 Å². The third-order valence-electron chi connectivity index (χ3n) is 9.16. The Morgan fingerprint density at radius 1 is 1.10 bits per heavy atom. The topological polar surface area (TPSA) is 54.4 Å². The van der Waals surface area contributed by atoms with E-state index in [1.807, 2.05) is 6.08 Å². The minimum absolute atomic E-state index is 0.150. The molecule has 7 atom stereocenters. The summed E-state index contributed by atoms with van der Waals surface area (Å²) in [5.74, 6) is 1.83. The molecular formula is C26H42O3. The van der Waals surface area contributed by atoms with Crippen molar-refractivity contribution in [2.24, 2.45) is 46.3 Å². The number of hydrogen-bond donors (Lipinski definition) is 1. The van der Waals surface area contributed by atoms with E-state index in [0.717, 1.165) is 31.6 Å². The van der Waals surface area contributed by atoms with Crippen molar-refractivity contribution >= 4 is 11.8 Å². The second-order valence-electron chi connectivity index (χ2n) is 11.4. The van der Waals surface area contributed by atoms with E-state index in [1.54, 1.807) is 6.08 Å². The van der Waals surface area contributed by atoms with Crippen LogP contribution in [0.3, 0.4) is 0 Å². The van der Waals surface area contributed by atoms with Crippen molar-refractivity contribution < 1.29 is 14.7 Å². The van der Waals surface area contributed by atoms with E-state index in [-0.39, 0.29) is 34.4 Å². The number of carbonyl (C=O) groups is 2. The second kappa shape index (κ2) is 8.55. The van der Waals surface area contributed by atoms with Gasteiger partial charge in [0.15, 0.2) is 5.78 Å². The van der Waals surface area contributed by atoms with E-state index in [4.69, 9.17) is 0 Å². The van der Waals surface area contributed by atoms with Crippen LogP contribution in [0.1, 0.15) is 92.4 Å². The van der Waals surface area contributed by atoms with Gasteiger partial charge in [-0.2, -0.15) is 0 Å². The summed E-state index contributed by atoms with van der Waals surface area (Å²) in [5.41, 5.74) is 0.000623. The SMILES string of the molecule is CC(C)CCC[C@H](C)[C@@H]1CC[C@@H]2[C@H](C(=O)O)[C@@H]([C@]3(C)C=CC(=O)CC3)CC[C@@]21C. The fourth-order valence-electron chi connectivity index (χ4n) is 7.40. The molecule has 0 aromatic heterocycles. The van der Waals surface area contributed by atoms with Crippen LogP contribution in [-0.2, 0) is 9.59 Å². The summed E-state index contributed by atoms with van der Waals surface area (Å²) in [5, 5.41) is 10.3. The van der Waals surface area contributed by atoms with Gasteiger partial charge in [-0.05, 0) is 78.6 Å². The number of ketones is 1. The molecule has 1 N–H and O–H groups in total. The maximum atomic E-state index is 12.5. The van der Waals surface area contributed by atoms with Crippen LogP contribution in [0.4, 0.5) is 0 Å². The van der Waals surface area contributed by atoms with Gasteiger partial charge in [-0.25, -0.2) is 0 Å². The lowest BCUT2D eigenvalue weighted by Crippen LogP contribution is -2.50. The molecule has 2 fully saturated rings. The molecule has 0 radical (unpaired) electrons. The van der Waals surface area contributed by atoms with Gasteiger partial charge in [-0.15, -0.1) is 0 Å². The van der Waals surface area contributed by atoms with Gasteiger partial charge in [-0.3, -0.25) is 9.59 Å². The molecule has 0 unspecified atom stereocenters. The van der Waals surface area contributed by atoms with Crippen molar-refractivity contribution in [3.63, 3.8) is 0 Å². The molecule has 164 valence electrons. The summed E-state index contributed by atoms with van der Waals surface area (Å²) >= 11 is 0. The van der Waals surface area contributed by atoms with Crippen LogP contribution in [0.25, 0.3) is 0 Å². The summed E-state index contributed by atoms with van der Waals surface area (Å²) in [6, 6.07) is 0. The molecule has 0 bridgehead atoms. The lowest BCUT2D eigenvalue weighted by atomic mass is 9.51. The van der Waals surface area contributed by atoms with E-state index >= 15 is 0 Å². The van der Waals surface area contributed by atoms with Crippen LogP contribution < -0.4 is 0 Å². The average Bonchev–Trinajstić information content (AvgIpc) is 3.00. The quantitative estimate of drug-likeness (QED) is 0.527. The van der Waals surface area contributed by atoms with E-state index in [1.165, 1.54) is 25.7 Å². The van der Waals surface area contributed by atoms with E-state index < -0.39 is 5.97 Å². The Hall–Kier alpha value is -1.12. The Bertz CT molecular complexity index is 650. The van der Waals surface area contributed by atoms with Gasteiger partial charge in [0.25, 0.3) is 0 Å². The van der Waals surface area contributed by atoms with E-state index in [9.17, 15) is 14.7 Å². The lowest BCUT2D eigenvalue weighted by Gasteiger charge is -2.53. The first-order valence-corrected chi connectivity index (χ1v) is 12.0. The van der Waals surface area contributed by atoms with Crippen molar-refractivity contribution in [3.8, 4) is 0 Å². The second-order valence-corrected chi connectivity index (χ2v) is 11.4. The van der Waals surface area contributed by atoms with Crippen molar-refractivity contribution in [1.82, 2.24) is 0 Å². The number of allylic oxidation sites excluding steroid dienone is 2. The van der Waals surface area contributed by atoms with Crippen molar-refractivity contribution in [2.45, 2.75) is 92.4 Å². The monoisotopic (exact) mass is 402 g/mol. The van der Waals surface area contributed by atoms with Gasteiger partial charge in [0, 0.05) is 6.42 Å². The number of hydrogen-bond acceptors (Lipinski definition) is 2. The molecule has 0 saturated heterocycles. The zero-order chi connectivity index (χ0) is 21.4. The number of fused-ring (bicyclic) bond motifs is 1. The average molecular weight is 403 g/mol. The number of carboxylic acids is 1. The Balaban J connectivity index is 1.79. The summed E-state index contributed by atoms with van der Waals surface area (Å²) in [6.45, 7) is 11.6. The van der Waals surface area contributed by atoms with Crippen LogP contribution in [0, 0.1) is 46.3 Å². The van der Waals surface area contributed by atoms with Gasteiger partial charge in [-0.1, -0.05) is 60.0 Å². The van der Waals surface area contributed by atoms with Crippen LogP contribution in [-0.4, -0.2) is 16.9 Å². The Morgan fingerprint density at radius 2 is 1.83 bits per heavy atom. The van der Waals surface area contributed by atoms with Crippen molar-refractivity contribution in [2.75, 3.05) is 0 Å². The summed E-state index contributed by atoms with van der Waals surface area (Å²) in [4.78, 5) is 24.3. The van der Waals surface area contributed by atoms with Crippen LogP contribution in [0.2, 0.25) is 0 Å². The molecule has 0 spiro atoms. The highest BCUT2D eigenvalue weighted by Gasteiger charge is 2.59. The summed E-state index contributed by atoms with van der Waals surface area (Å²) < 4.78 is 0. The number of carbonyl (C=O) groups excluding carboxylic acids is 1. The molecule has 3 rings (SSSR count). The third kappa shape index (κ3) is 4.35. The van der Waals surface area contributed by atoms with Gasteiger partial charge < -0.3 is 5.11 Å². The van der Waals surface area contributed by atoms with Crippen LogP contribution in [0.5, 0.6) is 0 Å². The lowest BCUT2D eigenvalue weighted by molar-refractivity contribution is -0.156. The normalized spacial score (nSPS) is 40.8. The first-order valence-electron chi connectivity index (χ1n) is 12.0. The Labute approximate surface area is 177 Å². The molecule has 0 amide bonds. The summed E-state index contributed by atoms with van der Waals surface area (Å²) in [6.07, 6.45) is 13.3. The standard InChI is InChI=1S/C26H42O3/c1-17(2)7-6-8-18(3)20-9-10-22-23(24(28)29)21(13-16-26(20,22)5)25(4)14-11-19(27)12-15-25/h11,14,17-18,20-23H,6-10,12-13,15-16H2,1-5H3,(H,28,29)/t18-,20-,21-,22+,23+,25+,26+/m0/s1. The minimum Gasteiger partial charge on any atom is -0.481 e. The molecule has 29 heavy (non-hydrogen) atoms. The highest BCUT2D eigenvalue weighted by molar-refractivity contribution is 5.90. The van der Waals surface area contributed by atoms with Crippen molar-refractivity contribution in [3.05, 3.63) is 12.2 Å². The Kier molecular flexibility index (Phi) is 6.65. The predicted octanol–water partition coefficient (Wildman–Crippen LogP) is 6.52. The zero-order valence-corrected chi connectivity index (χ0v) is 19.2. The number of rotatable bonds is 7. The molecule has 3 aliphatic carbocycles. The number of aliphatic carboxylic acids is 1. The largest absolute Gasteiger partial charge is 0.481 e. The molecule has 3 nitrogen and oxygen atoms in total. The molecule has 3 heteroatoms. The highest BCUT2D eigenvalue weighted by atomic mass is 16.4. The van der Waals surface area contributed by atoms with Crippen LogP contribution >= 0.6 is 0 Å². The maximum Gasteiger partial charge on any atom is 0.307 e. The fraction of sp³-hybridized carbons (Fsp3) is 0.846.